The number of thioether (sulfide) groups is 2. The first-order chi connectivity index (χ1) is 6.86. The Morgan fingerprint density at radius 1 is 0.857 bits per heavy atom. The summed E-state index contributed by atoms with van der Waals surface area (Å²) in [7, 11) is 0. The third-order valence-corrected chi connectivity index (χ3v) is 5.77. The van der Waals surface area contributed by atoms with Crippen LogP contribution in [0.25, 0.3) is 0 Å². The molecule has 4 unspecified atom stereocenters. The van der Waals surface area contributed by atoms with Crippen molar-refractivity contribution in [3.05, 3.63) is 12.2 Å². The van der Waals surface area contributed by atoms with Crippen molar-refractivity contribution in [3.63, 3.8) is 0 Å². The number of hydrogen-bond donors (Lipinski definition) is 0. The summed E-state index contributed by atoms with van der Waals surface area (Å²) in [4.78, 5) is 0. The summed E-state index contributed by atoms with van der Waals surface area (Å²) in [5.74, 6) is 0. The molecular weight excluding hydrogens is 208 g/mol. The van der Waals surface area contributed by atoms with Crippen molar-refractivity contribution >= 4 is 23.5 Å². The molecule has 1 aliphatic carbocycles. The number of rotatable bonds is 3. The second-order valence-corrected chi connectivity index (χ2v) is 6.94. The topological polar surface area (TPSA) is 0 Å². The molecule has 0 bridgehead atoms. The Morgan fingerprint density at radius 3 is 1.64 bits per heavy atom. The van der Waals surface area contributed by atoms with Gasteiger partial charge in [-0.15, -0.1) is 23.5 Å². The maximum Gasteiger partial charge on any atom is 0.0361 e. The molecule has 0 aromatic rings. The Bertz CT molecular complexity index is 190. The quantitative estimate of drug-likeness (QED) is 0.405. The summed E-state index contributed by atoms with van der Waals surface area (Å²) in [5, 5.41) is 3.95. The van der Waals surface area contributed by atoms with Crippen LogP contribution in [-0.2, 0) is 0 Å². The largest absolute Gasteiger partial charge is 0.147 e. The van der Waals surface area contributed by atoms with Crippen molar-refractivity contribution in [3.8, 4) is 0 Å². The minimum atomic E-state index is 0.936. The highest BCUT2D eigenvalue weighted by molar-refractivity contribution is 8.13. The lowest BCUT2D eigenvalue weighted by Crippen LogP contribution is -2.06. The van der Waals surface area contributed by atoms with Gasteiger partial charge in [0.25, 0.3) is 0 Å². The number of fused-ring (bicyclic) bond motifs is 3. The molecule has 0 nitrogen and oxygen atoms in total. The highest BCUT2D eigenvalue weighted by Crippen LogP contribution is 2.62. The molecular formula is C12H20S2. The van der Waals surface area contributed by atoms with Gasteiger partial charge in [0.05, 0.1) is 0 Å². The van der Waals surface area contributed by atoms with E-state index < -0.39 is 0 Å². The van der Waals surface area contributed by atoms with E-state index >= 15 is 0 Å². The summed E-state index contributed by atoms with van der Waals surface area (Å²) in [6.07, 6.45) is 10.3. The molecule has 3 aliphatic rings. The standard InChI is InChI=1S/C6H6S2.C6H14/c1-2-4-6(8-4)5-3(1)7-5;1-3-5-6-4-2/h1-6H;3-6H2,1-2H3. The van der Waals surface area contributed by atoms with Gasteiger partial charge in [-0.3, -0.25) is 0 Å². The Labute approximate surface area is 96.3 Å². The molecule has 2 heterocycles. The van der Waals surface area contributed by atoms with Crippen LogP contribution in [0.15, 0.2) is 12.2 Å². The molecule has 0 aromatic heterocycles. The minimum absolute atomic E-state index is 0.936. The zero-order valence-electron chi connectivity index (χ0n) is 9.11. The molecule has 3 rings (SSSR count). The van der Waals surface area contributed by atoms with E-state index in [0.717, 1.165) is 21.0 Å². The van der Waals surface area contributed by atoms with Gasteiger partial charge in [-0.2, -0.15) is 0 Å². The van der Waals surface area contributed by atoms with Crippen LogP contribution < -0.4 is 0 Å². The second-order valence-electron chi connectivity index (χ2n) is 4.22. The van der Waals surface area contributed by atoms with Crippen molar-refractivity contribution in [1.29, 1.82) is 0 Å². The Balaban J connectivity index is 0.000000115. The van der Waals surface area contributed by atoms with Crippen molar-refractivity contribution in [2.45, 2.75) is 60.5 Å². The van der Waals surface area contributed by atoms with Gasteiger partial charge < -0.3 is 0 Å². The minimum Gasteiger partial charge on any atom is -0.147 e. The molecule has 4 atom stereocenters. The van der Waals surface area contributed by atoms with Crippen molar-refractivity contribution in [2.24, 2.45) is 0 Å². The summed E-state index contributed by atoms with van der Waals surface area (Å²) < 4.78 is 0. The van der Waals surface area contributed by atoms with E-state index in [1.54, 1.807) is 0 Å². The fourth-order valence-corrected chi connectivity index (χ4v) is 4.49. The summed E-state index contributed by atoms with van der Waals surface area (Å²) in [6, 6.07) is 0. The van der Waals surface area contributed by atoms with Gasteiger partial charge in [-0.25, -0.2) is 0 Å². The molecule has 0 amide bonds. The predicted octanol–water partition coefficient (Wildman–Crippen LogP) is 4.11. The van der Waals surface area contributed by atoms with Gasteiger partial charge in [-0.05, 0) is 0 Å². The normalized spacial score (nSPS) is 40.4. The monoisotopic (exact) mass is 228 g/mol. The maximum atomic E-state index is 2.39. The van der Waals surface area contributed by atoms with Crippen LogP contribution in [0.3, 0.4) is 0 Å². The Morgan fingerprint density at radius 2 is 1.29 bits per heavy atom. The Hall–Kier alpha value is 0.440. The van der Waals surface area contributed by atoms with Gasteiger partial charge in [0.15, 0.2) is 0 Å². The highest BCUT2D eigenvalue weighted by atomic mass is 32.2. The molecule has 2 aliphatic heterocycles. The molecule has 2 fully saturated rings. The second kappa shape index (κ2) is 4.98. The molecule has 0 aromatic carbocycles. The van der Waals surface area contributed by atoms with Crippen LogP contribution >= 0.6 is 23.5 Å². The van der Waals surface area contributed by atoms with Crippen molar-refractivity contribution < 1.29 is 0 Å². The number of unbranched alkanes of at least 4 members (excludes halogenated alkanes) is 3. The Kier molecular flexibility index (Phi) is 3.89. The highest BCUT2D eigenvalue weighted by Gasteiger charge is 2.56. The van der Waals surface area contributed by atoms with E-state index in [1.165, 1.54) is 25.7 Å². The smallest absolute Gasteiger partial charge is 0.0361 e. The third-order valence-electron chi connectivity index (χ3n) is 2.89. The van der Waals surface area contributed by atoms with Crippen LogP contribution in [0, 0.1) is 0 Å². The third kappa shape index (κ3) is 2.73. The first-order valence-corrected chi connectivity index (χ1v) is 7.74. The molecule has 2 saturated heterocycles. The average Bonchev–Trinajstić information content (AvgIpc) is 3.02. The maximum absolute atomic E-state index is 2.39. The van der Waals surface area contributed by atoms with Gasteiger partial charge in [-0.1, -0.05) is 51.7 Å². The fourth-order valence-electron chi connectivity index (χ4n) is 1.83. The summed E-state index contributed by atoms with van der Waals surface area (Å²) in [6.45, 7) is 4.46. The SMILES string of the molecule is C1=CC2SC2C2SC12.CCCCCC. The van der Waals surface area contributed by atoms with Crippen LogP contribution in [0.4, 0.5) is 0 Å². The van der Waals surface area contributed by atoms with Gasteiger partial charge in [0, 0.05) is 21.0 Å². The van der Waals surface area contributed by atoms with E-state index in [2.05, 4.69) is 49.5 Å². The van der Waals surface area contributed by atoms with Crippen LogP contribution in [0.5, 0.6) is 0 Å². The lowest BCUT2D eigenvalue weighted by atomic mass is 10.1. The van der Waals surface area contributed by atoms with Crippen LogP contribution in [-0.4, -0.2) is 21.0 Å². The zero-order chi connectivity index (χ0) is 9.97. The first kappa shape index (κ1) is 10.9. The lowest BCUT2D eigenvalue weighted by Gasteiger charge is -1.91. The molecule has 0 spiro atoms. The number of hydrogen-bond acceptors (Lipinski definition) is 2. The fraction of sp³-hybridized carbons (Fsp3) is 0.833. The van der Waals surface area contributed by atoms with Crippen LogP contribution in [0.2, 0.25) is 0 Å². The average molecular weight is 228 g/mol. The van der Waals surface area contributed by atoms with Gasteiger partial charge in [0.2, 0.25) is 0 Å². The van der Waals surface area contributed by atoms with E-state index in [4.69, 9.17) is 0 Å². The van der Waals surface area contributed by atoms with Crippen LogP contribution in [0.1, 0.15) is 39.5 Å². The molecule has 0 radical (unpaired) electrons. The van der Waals surface area contributed by atoms with Gasteiger partial charge in [0.1, 0.15) is 0 Å². The van der Waals surface area contributed by atoms with E-state index in [9.17, 15) is 0 Å². The first-order valence-electron chi connectivity index (χ1n) is 5.86. The molecule has 2 heteroatoms. The van der Waals surface area contributed by atoms with E-state index in [-0.39, 0.29) is 0 Å². The van der Waals surface area contributed by atoms with E-state index in [1.807, 2.05) is 0 Å². The molecule has 80 valence electrons. The van der Waals surface area contributed by atoms with Crippen molar-refractivity contribution in [1.82, 2.24) is 0 Å². The van der Waals surface area contributed by atoms with Crippen molar-refractivity contribution in [2.75, 3.05) is 0 Å². The summed E-state index contributed by atoms with van der Waals surface area (Å²) in [5.41, 5.74) is 0. The summed E-state index contributed by atoms with van der Waals surface area (Å²) >= 11 is 4.28. The molecule has 14 heavy (non-hydrogen) atoms. The van der Waals surface area contributed by atoms with Gasteiger partial charge >= 0.3 is 0 Å². The molecule has 0 N–H and O–H groups in total. The lowest BCUT2D eigenvalue weighted by molar-refractivity contribution is 0.702. The predicted molar refractivity (Wildman–Crippen MR) is 69.3 cm³/mol. The molecule has 0 saturated carbocycles. The van der Waals surface area contributed by atoms with E-state index in [0.29, 0.717) is 0 Å². The zero-order valence-corrected chi connectivity index (χ0v) is 10.7.